The Hall–Kier alpha value is -2.41. The molecule has 0 bridgehead atoms. The standard InChI is InChI=1S/C24H24N2O2S2/c1-16-12-13-29-24(16)23-20-9-5-8-19(20)21-14-18(10-11-22(21)26-23)30(27,28)25-15-17-6-3-2-4-7-17/h2-8,10-14,19-20,23,25-26H,9,15H2,1H3. The van der Waals surface area contributed by atoms with Crippen LogP contribution in [0.5, 0.6) is 0 Å². The number of sulfonamides is 1. The lowest BCUT2D eigenvalue weighted by atomic mass is 9.78. The molecule has 154 valence electrons. The van der Waals surface area contributed by atoms with E-state index in [-0.39, 0.29) is 18.5 Å². The minimum absolute atomic E-state index is 0.233. The number of rotatable bonds is 5. The average molecular weight is 437 g/mol. The summed E-state index contributed by atoms with van der Waals surface area (Å²) < 4.78 is 28.6. The van der Waals surface area contributed by atoms with E-state index in [1.807, 2.05) is 42.5 Å². The summed E-state index contributed by atoms with van der Waals surface area (Å²) in [5.74, 6) is 0.641. The van der Waals surface area contributed by atoms with Crippen molar-refractivity contribution in [3.05, 3.63) is 93.7 Å². The van der Waals surface area contributed by atoms with Crippen LogP contribution in [0.1, 0.15) is 39.9 Å². The number of nitrogens with one attached hydrogen (secondary N) is 2. The number of aryl methyl sites for hydroxylation is 1. The summed E-state index contributed by atoms with van der Waals surface area (Å²) >= 11 is 1.80. The second-order valence-electron chi connectivity index (χ2n) is 8.00. The molecule has 0 fully saturated rings. The van der Waals surface area contributed by atoms with Gasteiger partial charge in [0, 0.05) is 23.0 Å². The Morgan fingerprint density at radius 3 is 2.73 bits per heavy atom. The van der Waals surface area contributed by atoms with Crippen molar-refractivity contribution < 1.29 is 8.42 Å². The first-order valence-corrected chi connectivity index (χ1v) is 12.5. The Morgan fingerprint density at radius 1 is 1.13 bits per heavy atom. The van der Waals surface area contributed by atoms with E-state index in [0.717, 1.165) is 23.2 Å². The molecule has 1 aromatic heterocycles. The second-order valence-corrected chi connectivity index (χ2v) is 10.7. The summed E-state index contributed by atoms with van der Waals surface area (Å²) in [4.78, 5) is 1.70. The van der Waals surface area contributed by atoms with Crippen LogP contribution in [0.15, 0.2) is 77.0 Å². The third-order valence-electron chi connectivity index (χ3n) is 6.14. The third kappa shape index (κ3) is 3.49. The Bertz CT molecular complexity index is 1200. The molecule has 1 aliphatic carbocycles. The van der Waals surface area contributed by atoms with E-state index < -0.39 is 10.0 Å². The summed E-state index contributed by atoms with van der Waals surface area (Å²) in [6.45, 7) is 2.44. The number of fused-ring (bicyclic) bond motifs is 3. The Morgan fingerprint density at radius 2 is 1.97 bits per heavy atom. The molecule has 6 heteroatoms. The van der Waals surface area contributed by atoms with E-state index in [4.69, 9.17) is 0 Å². The monoisotopic (exact) mass is 436 g/mol. The van der Waals surface area contributed by atoms with Gasteiger partial charge in [-0.15, -0.1) is 11.3 Å². The SMILES string of the molecule is Cc1ccsc1C1Nc2ccc(S(=O)(=O)NCc3ccccc3)cc2C2C=CCC21. The van der Waals surface area contributed by atoms with Crippen LogP contribution in [0.2, 0.25) is 0 Å². The van der Waals surface area contributed by atoms with Crippen molar-refractivity contribution in [2.45, 2.75) is 36.7 Å². The molecule has 5 rings (SSSR count). The van der Waals surface area contributed by atoms with Gasteiger partial charge >= 0.3 is 0 Å². The van der Waals surface area contributed by atoms with Gasteiger partial charge in [0.05, 0.1) is 10.9 Å². The molecule has 30 heavy (non-hydrogen) atoms. The minimum Gasteiger partial charge on any atom is -0.377 e. The molecular formula is C24H24N2O2S2. The molecule has 0 saturated carbocycles. The molecule has 4 nitrogen and oxygen atoms in total. The summed E-state index contributed by atoms with van der Waals surface area (Å²) in [5.41, 5.74) is 4.36. The molecule has 2 N–H and O–H groups in total. The number of thiophene rings is 1. The van der Waals surface area contributed by atoms with Gasteiger partial charge in [-0.05, 0) is 65.6 Å². The molecule has 0 radical (unpaired) electrons. The highest BCUT2D eigenvalue weighted by molar-refractivity contribution is 7.89. The van der Waals surface area contributed by atoms with Gasteiger partial charge in [0.2, 0.25) is 10.0 Å². The lowest BCUT2D eigenvalue weighted by molar-refractivity contribution is 0.428. The van der Waals surface area contributed by atoms with Gasteiger partial charge in [0.1, 0.15) is 0 Å². The quantitative estimate of drug-likeness (QED) is 0.529. The Balaban J connectivity index is 1.45. The van der Waals surface area contributed by atoms with Crippen molar-refractivity contribution in [2.75, 3.05) is 5.32 Å². The first-order chi connectivity index (χ1) is 14.5. The van der Waals surface area contributed by atoms with Crippen molar-refractivity contribution >= 4 is 27.0 Å². The van der Waals surface area contributed by atoms with E-state index in [1.54, 1.807) is 17.4 Å². The summed E-state index contributed by atoms with van der Waals surface area (Å²) in [6.07, 6.45) is 5.48. The van der Waals surface area contributed by atoms with Crippen molar-refractivity contribution in [1.82, 2.24) is 4.72 Å². The second kappa shape index (κ2) is 7.69. The topological polar surface area (TPSA) is 58.2 Å². The fourth-order valence-corrected chi connectivity index (χ4v) is 6.67. The van der Waals surface area contributed by atoms with E-state index in [0.29, 0.717) is 10.8 Å². The van der Waals surface area contributed by atoms with E-state index in [2.05, 4.69) is 40.6 Å². The molecule has 0 amide bonds. The zero-order chi connectivity index (χ0) is 20.7. The predicted octanol–water partition coefficient (Wildman–Crippen LogP) is 5.36. The highest BCUT2D eigenvalue weighted by Gasteiger charge is 2.39. The lowest BCUT2D eigenvalue weighted by Crippen LogP contribution is -2.29. The molecule has 3 aromatic rings. The van der Waals surface area contributed by atoms with Gasteiger partial charge in [-0.25, -0.2) is 13.1 Å². The normalized spacial score (nSPS) is 22.4. The zero-order valence-corrected chi connectivity index (χ0v) is 18.3. The van der Waals surface area contributed by atoms with Gasteiger partial charge in [-0.3, -0.25) is 0 Å². The zero-order valence-electron chi connectivity index (χ0n) is 16.7. The van der Waals surface area contributed by atoms with Crippen LogP contribution in [0.4, 0.5) is 5.69 Å². The van der Waals surface area contributed by atoms with Crippen molar-refractivity contribution in [3.8, 4) is 0 Å². The first-order valence-electron chi connectivity index (χ1n) is 10.2. The van der Waals surface area contributed by atoms with Gasteiger partial charge in [-0.1, -0.05) is 42.5 Å². The van der Waals surface area contributed by atoms with Crippen LogP contribution in [0.25, 0.3) is 0 Å². The third-order valence-corrected chi connectivity index (χ3v) is 8.64. The minimum atomic E-state index is -3.58. The lowest BCUT2D eigenvalue weighted by Gasteiger charge is -2.37. The maximum Gasteiger partial charge on any atom is 0.240 e. The smallest absolute Gasteiger partial charge is 0.240 e. The average Bonchev–Trinajstić information content (AvgIpc) is 3.41. The van der Waals surface area contributed by atoms with Crippen LogP contribution in [0, 0.1) is 12.8 Å². The summed E-state index contributed by atoms with van der Waals surface area (Å²) in [7, 11) is -3.58. The van der Waals surface area contributed by atoms with Gasteiger partial charge in [-0.2, -0.15) is 0 Å². The molecule has 2 aliphatic rings. The molecule has 2 heterocycles. The maximum atomic E-state index is 12.9. The molecular weight excluding hydrogens is 412 g/mol. The Kier molecular flexibility index (Phi) is 5.01. The molecule has 3 atom stereocenters. The van der Waals surface area contributed by atoms with Gasteiger partial charge in [0.15, 0.2) is 0 Å². The van der Waals surface area contributed by atoms with Crippen molar-refractivity contribution in [1.29, 1.82) is 0 Å². The van der Waals surface area contributed by atoms with Gasteiger partial charge < -0.3 is 5.32 Å². The molecule has 0 saturated heterocycles. The van der Waals surface area contributed by atoms with Crippen LogP contribution in [-0.2, 0) is 16.6 Å². The van der Waals surface area contributed by atoms with E-state index in [1.165, 1.54) is 10.4 Å². The number of hydrogen-bond donors (Lipinski definition) is 2. The van der Waals surface area contributed by atoms with E-state index >= 15 is 0 Å². The van der Waals surface area contributed by atoms with Crippen molar-refractivity contribution in [3.63, 3.8) is 0 Å². The number of hydrogen-bond acceptors (Lipinski definition) is 4. The first kappa shape index (κ1) is 19.5. The van der Waals surface area contributed by atoms with Crippen LogP contribution >= 0.6 is 11.3 Å². The van der Waals surface area contributed by atoms with E-state index in [9.17, 15) is 8.42 Å². The maximum absolute atomic E-state index is 12.9. The van der Waals surface area contributed by atoms with Crippen LogP contribution in [-0.4, -0.2) is 8.42 Å². The van der Waals surface area contributed by atoms with Crippen LogP contribution < -0.4 is 10.0 Å². The summed E-state index contributed by atoms with van der Waals surface area (Å²) in [6, 6.07) is 17.5. The summed E-state index contributed by atoms with van der Waals surface area (Å²) in [5, 5.41) is 5.85. The fourth-order valence-electron chi connectivity index (χ4n) is 4.56. The molecule has 0 spiro atoms. The molecule has 3 unspecified atom stereocenters. The number of benzene rings is 2. The highest BCUT2D eigenvalue weighted by atomic mass is 32.2. The predicted molar refractivity (Wildman–Crippen MR) is 122 cm³/mol. The Labute approximate surface area is 181 Å². The number of allylic oxidation sites excluding steroid dienone is 2. The number of anilines is 1. The van der Waals surface area contributed by atoms with Crippen LogP contribution in [0.3, 0.4) is 0 Å². The highest BCUT2D eigenvalue weighted by Crippen LogP contribution is 2.51. The molecule has 1 aliphatic heterocycles. The molecule has 2 aromatic carbocycles. The van der Waals surface area contributed by atoms with Crippen molar-refractivity contribution in [2.24, 2.45) is 5.92 Å². The van der Waals surface area contributed by atoms with Gasteiger partial charge in [0.25, 0.3) is 0 Å². The fraction of sp³-hybridized carbons (Fsp3) is 0.250. The largest absolute Gasteiger partial charge is 0.377 e.